The number of hydrogen-bond acceptors (Lipinski definition) is 5. The molecule has 6 nitrogen and oxygen atoms in total. The highest BCUT2D eigenvalue weighted by atomic mass is 16.4. The minimum Gasteiger partial charge on any atom is -0.409 e. The number of nitrogens with two attached hydrogens (primary N) is 1. The maximum absolute atomic E-state index is 8.69. The van der Waals surface area contributed by atoms with Crippen LogP contribution < -0.4 is 10.6 Å². The molecule has 0 aliphatic carbocycles. The minimum absolute atomic E-state index is 0.0417. The van der Waals surface area contributed by atoms with Gasteiger partial charge in [-0.15, -0.1) is 5.10 Å². The van der Waals surface area contributed by atoms with Crippen LogP contribution in [0.1, 0.15) is 25.8 Å². The summed E-state index contributed by atoms with van der Waals surface area (Å²) in [6.07, 6.45) is 2.49. The predicted molar refractivity (Wildman–Crippen MR) is 62.7 cm³/mol. The van der Waals surface area contributed by atoms with E-state index in [0.29, 0.717) is 17.4 Å². The Morgan fingerprint density at radius 2 is 2.38 bits per heavy atom. The van der Waals surface area contributed by atoms with Crippen molar-refractivity contribution < 1.29 is 5.21 Å². The molecule has 1 aromatic heterocycles. The van der Waals surface area contributed by atoms with Crippen LogP contribution in [0.2, 0.25) is 0 Å². The first-order valence-corrected chi connectivity index (χ1v) is 5.14. The van der Waals surface area contributed by atoms with Gasteiger partial charge in [0.25, 0.3) is 0 Å². The van der Waals surface area contributed by atoms with Gasteiger partial charge in [-0.1, -0.05) is 12.1 Å². The largest absolute Gasteiger partial charge is 0.409 e. The fourth-order valence-electron chi connectivity index (χ4n) is 1.32. The van der Waals surface area contributed by atoms with Gasteiger partial charge in [-0.3, -0.25) is 0 Å². The van der Waals surface area contributed by atoms with Gasteiger partial charge in [0.2, 0.25) is 0 Å². The molecule has 0 aliphatic rings. The van der Waals surface area contributed by atoms with Crippen molar-refractivity contribution in [2.45, 2.75) is 26.3 Å². The molecule has 0 saturated carbocycles. The highest BCUT2D eigenvalue weighted by Crippen LogP contribution is 2.17. The van der Waals surface area contributed by atoms with E-state index in [0.717, 1.165) is 6.42 Å². The average Bonchev–Trinajstić information content (AvgIpc) is 2.35. The molecule has 16 heavy (non-hydrogen) atoms. The molecule has 3 N–H and O–H groups in total. The van der Waals surface area contributed by atoms with Crippen LogP contribution in [0.15, 0.2) is 17.4 Å². The van der Waals surface area contributed by atoms with E-state index in [1.165, 1.54) is 6.20 Å². The number of nitrogens with zero attached hydrogens (tertiary/aromatic N) is 4. The zero-order valence-corrected chi connectivity index (χ0v) is 9.75. The molecule has 0 aliphatic heterocycles. The Bertz CT molecular complexity index is 379. The number of hydrogen-bond donors (Lipinski definition) is 2. The Balaban J connectivity index is 3.13. The summed E-state index contributed by atoms with van der Waals surface area (Å²) in [6, 6.07) is 1.98. The smallest absolute Gasteiger partial charge is 0.173 e. The second-order valence-corrected chi connectivity index (χ2v) is 3.62. The number of oxime groups is 1. The Hall–Kier alpha value is -1.85. The van der Waals surface area contributed by atoms with E-state index in [2.05, 4.69) is 29.2 Å². The highest BCUT2D eigenvalue weighted by Gasteiger charge is 2.16. The van der Waals surface area contributed by atoms with Gasteiger partial charge in [0, 0.05) is 13.1 Å². The molecule has 1 aromatic rings. The Morgan fingerprint density at radius 1 is 1.69 bits per heavy atom. The molecule has 0 spiro atoms. The van der Waals surface area contributed by atoms with Crippen molar-refractivity contribution in [1.82, 2.24) is 10.2 Å². The molecular formula is C10H17N5O. The predicted octanol–water partition coefficient (Wildman–Crippen LogP) is 0.806. The molecule has 0 saturated heterocycles. The first kappa shape index (κ1) is 12.2. The quantitative estimate of drug-likeness (QED) is 0.341. The van der Waals surface area contributed by atoms with E-state index in [1.54, 1.807) is 6.07 Å². The van der Waals surface area contributed by atoms with Gasteiger partial charge in [0.1, 0.15) is 0 Å². The molecule has 0 aromatic carbocycles. The van der Waals surface area contributed by atoms with E-state index in [1.807, 2.05) is 11.9 Å². The lowest BCUT2D eigenvalue weighted by atomic mass is 10.2. The van der Waals surface area contributed by atoms with E-state index in [4.69, 9.17) is 10.9 Å². The topological polar surface area (TPSA) is 87.6 Å². The summed E-state index contributed by atoms with van der Waals surface area (Å²) < 4.78 is 0. The Kier molecular flexibility index (Phi) is 4.04. The molecule has 6 heteroatoms. The van der Waals surface area contributed by atoms with Crippen molar-refractivity contribution in [3.8, 4) is 0 Å². The van der Waals surface area contributed by atoms with E-state index < -0.39 is 0 Å². The van der Waals surface area contributed by atoms with Crippen molar-refractivity contribution in [2.24, 2.45) is 10.9 Å². The summed E-state index contributed by atoms with van der Waals surface area (Å²) >= 11 is 0. The minimum atomic E-state index is 0.0417. The van der Waals surface area contributed by atoms with Crippen molar-refractivity contribution in [1.29, 1.82) is 0 Å². The molecule has 1 heterocycles. The lowest BCUT2D eigenvalue weighted by Gasteiger charge is -2.25. The number of amidine groups is 1. The summed E-state index contributed by atoms with van der Waals surface area (Å²) in [4.78, 5) is 1.96. The molecular weight excluding hydrogens is 206 g/mol. The molecule has 88 valence electrons. The fourth-order valence-corrected chi connectivity index (χ4v) is 1.32. The second kappa shape index (κ2) is 5.29. The van der Waals surface area contributed by atoms with Crippen LogP contribution in [-0.2, 0) is 0 Å². The first-order chi connectivity index (χ1) is 7.61. The van der Waals surface area contributed by atoms with Crippen LogP contribution in [0.4, 0.5) is 5.82 Å². The maximum atomic E-state index is 8.69. The third-order valence-electron chi connectivity index (χ3n) is 2.67. The molecule has 1 atom stereocenters. The zero-order valence-electron chi connectivity index (χ0n) is 9.75. The van der Waals surface area contributed by atoms with Crippen LogP contribution in [0.5, 0.6) is 0 Å². The summed E-state index contributed by atoms with van der Waals surface area (Å²) in [6.45, 7) is 4.16. The first-order valence-electron chi connectivity index (χ1n) is 5.14. The number of aromatic nitrogens is 2. The van der Waals surface area contributed by atoms with Gasteiger partial charge in [-0.05, 0) is 19.4 Å². The summed E-state index contributed by atoms with van der Waals surface area (Å²) in [7, 11) is 1.91. The normalized spacial score (nSPS) is 13.6. The Labute approximate surface area is 94.8 Å². The van der Waals surface area contributed by atoms with Crippen molar-refractivity contribution in [3.63, 3.8) is 0 Å². The fraction of sp³-hybridized carbons (Fsp3) is 0.500. The molecule has 1 rings (SSSR count). The van der Waals surface area contributed by atoms with Gasteiger partial charge < -0.3 is 15.8 Å². The van der Waals surface area contributed by atoms with Gasteiger partial charge in [0.05, 0.1) is 11.8 Å². The second-order valence-electron chi connectivity index (χ2n) is 3.62. The van der Waals surface area contributed by atoms with Gasteiger partial charge >= 0.3 is 0 Å². The molecule has 0 fully saturated rings. The van der Waals surface area contributed by atoms with Crippen molar-refractivity contribution >= 4 is 11.7 Å². The Morgan fingerprint density at radius 3 is 2.94 bits per heavy atom. The zero-order chi connectivity index (χ0) is 12.1. The summed E-state index contributed by atoms with van der Waals surface area (Å²) in [5.74, 6) is 0.659. The van der Waals surface area contributed by atoms with Crippen LogP contribution in [0.25, 0.3) is 0 Å². The highest BCUT2D eigenvalue weighted by molar-refractivity contribution is 6.01. The number of rotatable bonds is 4. The van der Waals surface area contributed by atoms with E-state index in [9.17, 15) is 0 Å². The van der Waals surface area contributed by atoms with E-state index in [-0.39, 0.29) is 5.84 Å². The van der Waals surface area contributed by atoms with Crippen LogP contribution in [0, 0.1) is 0 Å². The SMILES string of the molecule is CCC(C)N(C)c1nnccc1/C(N)=N/O. The standard InChI is InChI=1S/C10H17N5O/c1-4-7(2)15(3)10-8(9(11)14-16)5-6-12-13-10/h5-7,16H,4H2,1-3H3,(H2,11,14). The molecule has 0 radical (unpaired) electrons. The van der Waals surface area contributed by atoms with Crippen molar-refractivity contribution in [3.05, 3.63) is 17.8 Å². The van der Waals surface area contributed by atoms with Gasteiger partial charge in [0.15, 0.2) is 11.7 Å². The van der Waals surface area contributed by atoms with Crippen LogP contribution >= 0.6 is 0 Å². The van der Waals surface area contributed by atoms with Crippen LogP contribution in [-0.4, -0.2) is 34.3 Å². The molecule has 1 unspecified atom stereocenters. The monoisotopic (exact) mass is 223 g/mol. The summed E-state index contributed by atoms with van der Waals surface area (Å²) in [5, 5.41) is 19.5. The van der Waals surface area contributed by atoms with Gasteiger partial charge in [-0.2, -0.15) is 5.10 Å². The molecule has 0 bridgehead atoms. The van der Waals surface area contributed by atoms with E-state index >= 15 is 0 Å². The average molecular weight is 223 g/mol. The summed E-state index contributed by atoms with van der Waals surface area (Å²) in [5.41, 5.74) is 6.16. The van der Waals surface area contributed by atoms with Crippen molar-refractivity contribution in [2.75, 3.05) is 11.9 Å². The lowest BCUT2D eigenvalue weighted by Crippen LogP contribution is -2.31. The van der Waals surface area contributed by atoms with Gasteiger partial charge in [-0.25, -0.2) is 0 Å². The lowest BCUT2D eigenvalue weighted by molar-refractivity contribution is 0.318. The maximum Gasteiger partial charge on any atom is 0.173 e. The van der Waals surface area contributed by atoms with Crippen LogP contribution in [0.3, 0.4) is 0 Å². The third kappa shape index (κ3) is 2.39. The number of anilines is 1. The third-order valence-corrected chi connectivity index (χ3v) is 2.67. The molecule has 0 amide bonds.